The Hall–Kier alpha value is -2.49. The molecular formula is C33H45BrN2O6. The summed E-state index contributed by atoms with van der Waals surface area (Å²) in [5.74, 6) is -2.93. The quantitative estimate of drug-likeness (QED) is 0.134. The SMILES string of the molecule is C=CCCCCOC(=O)[C@H]1[C@@H]2OC3(CC2Br)C(C(=O)N(CC=C)c2c(C)cccc2C)N([C@@H](CO)[C@@H](C)CC)C(=O)[C@H]13. The molecule has 1 aromatic carbocycles. The number of esters is 1. The molecule has 8 nitrogen and oxygen atoms in total. The van der Waals surface area contributed by atoms with Crippen LogP contribution in [-0.2, 0) is 23.9 Å². The molecule has 9 heteroatoms. The van der Waals surface area contributed by atoms with E-state index in [9.17, 15) is 19.5 Å². The number of fused-ring (bicyclic) bond motifs is 1. The maximum absolute atomic E-state index is 14.9. The van der Waals surface area contributed by atoms with Crippen LogP contribution in [0, 0.1) is 31.6 Å². The van der Waals surface area contributed by atoms with Gasteiger partial charge in [-0.2, -0.15) is 0 Å². The van der Waals surface area contributed by atoms with Gasteiger partial charge in [0.1, 0.15) is 11.6 Å². The zero-order valence-electron chi connectivity index (χ0n) is 25.3. The molecule has 2 bridgehead atoms. The van der Waals surface area contributed by atoms with E-state index in [1.54, 1.807) is 15.9 Å². The largest absolute Gasteiger partial charge is 0.465 e. The van der Waals surface area contributed by atoms with Crippen molar-refractivity contribution in [2.75, 3.05) is 24.7 Å². The number of hydrogen-bond acceptors (Lipinski definition) is 6. The van der Waals surface area contributed by atoms with Crippen molar-refractivity contribution >= 4 is 39.4 Å². The number of aryl methyl sites for hydroxylation is 2. The minimum Gasteiger partial charge on any atom is -0.465 e. The van der Waals surface area contributed by atoms with E-state index in [0.717, 1.165) is 29.7 Å². The summed E-state index contributed by atoms with van der Waals surface area (Å²) in [5.41, 5.74) is 1.36. The molecule has 1 N–H and O–H groups in total. The Labute approximate surface area is 258 Å². The number of para-hydroxylation sites is 1. The molecule has 1 spiro atoms. The number of halogens is 1. The Morgan fingerprint density at radius 1 is 1.26 bits per heavy atom. The Balaban J connectivity index is 1.80. The number of rotatable bonds is 14. The maximum atomic E-state index is 14.9. The Bertz CT molecular complexity index is 1180. The molecule has 0 aromatic heterocycles. The molecule has 1 aromatic rings. The lowest BCUT2D eigenvalue weighted by atomic mass is 9.70. The fraction of sp³-hybridized carbons (Fsp3) is 0.606. The van der Waals surface area contributed by atoms with Gasteiger partial charge >= 0.3 is 5.97 Å². The highest BCUT2D eigenvalue weighted by molar-refractivity contribution is 9.09. The fourth-order valence-electron chi connectivity index (χ4n) is 7.25. The van der Waals surface area contributed by atoms with Crippen molar-refractivity contribution < 1.29 is 29.0 Å². The number of allylic oxidation sites excluding steroid dienone is 1. The number of aliphatic hydroxyl groups is 1. The minimum absolute atomic E-state index is 0.0928. The zero-order valence-corrected chi connectivity index (χ0v) is 26.8. The molecule has 3 heterocycles. The molecule has 8 atom stereocenters. The van der Waals surface area contributed by atoms with Crippen LogP contribution in [0.4, 0.5) is 5.69 Å². The van der Waals surface area contributed by atoms with Crippen LogP contribution >= 0.6 is 15.9 Å². The third-order valence-corrected chi connectivity index (χ3v) is 10.3. The van der Waals surface area contributed by atoms with Gasteiger partial charge in [-0.1, -0.05) is 66.5 Å². The lowest BCUT2D eigenvalue weighted by Gasteiger charge is -2.41. The molecule has 4 rings (SSSR count). The number of amides is 2. The molecule has 0 radical (unpaired) electrons. The number of hydrogen-bond donors (Lipinski definition) is 1. The number of alkyl halides is 1. The Kier molecular flexibility index (Phi) is 10.4. The average molecular weight is 646 g/mol. The van der Waals surface area contributed by atoms with E-state index >= 15 is 0 Å². The zero-order chi connectivity index (χ0) is 30.8. The van der Waals surface area contributed by atoms with E-state index in [4.69, 9.17) is 9.47 Å². The van der Waals surface area contributed by atoms with Crippen molar-refractivity contribution in [2.45, 2.75) is 88.4 Å². The van der Waals surface area contributed by atoms with Crippen molar-refractivity contribution in [3.8, 4) is 0 Å². The number of benzene rings is 1. The molecule has 3 fully saturated rings. The van der Waals surface area contributed by atoms with Gasteiger partial charge < -0.3 is 24.4 Å². The number of carbonyl (C=O) groups excluding carboxylic acids is 3. The van der Waals surface area contributed by atoms with E-state index in [0.29, 0.717) is 19.3 Å². The predicted molar refractivity (Wildman–Crippen MR) is 166 cm³/mol. The summed E-state index contributed by atoms with van der Waals surface area (Å²) in [4.78, 5) is 46.0. The second-order valence-electron chi connectivity index (χ2n) is 12.0. The number of aliphatic hydroxyl groups excluding tert-OH is 1. The summed E-state index contributed by atoms with van der Waals surface area (Å²) in [6, 6.07) is 4.20. The van der Waals surface area contributed by atoms with E-state index in [1.807, 2.05) is 52.0 Å². The van der Waals surface area contributed by atoms with E-state index in [-0.39, 0.29) is 42.3 Å². The average Bonchev–Trinajstić information content (AvgIpc) is 3.55. The number of anilines is 1. The predicted octanol–water partition coefficient (Wildman–Crippen LogP) is 4.88. The van der Waals surface area contributed by atoms with Gasteiger partial charge in [0.15, 0.2) is 0 Å². The van der Waals surface area contributed by atoms with Gasteiger partial charge in [-0.05, 0) is 56.6 Å². The van der Waals surface area contributed by atoms with Crippen LogP contribution < -0.4 is 4.90 Å². The van der Waals surface area contributed by atoms with Crippen LogP contribution in [0.3, 0.4) is 0 Å². The van der Waals surface area contributed by atoms with Gasteiger partial charge in [0.2, 0.25) is 5.91 Å². The lowest BCUT2D eigenvalue weighted by Crippen LogP contribution is -2.60. The summed E-state index contributed by atoms with van der Waals surface area (Å²) in [5, 5.41) is 10.6. The molecule has 0 saturated carbocycles. The fourth-order valence-corrected chi connectivity index (χ4v) is 8.19. The highest BCUT2D eigenvalue weighted by Gasteiger charge is 2.77. The summed E-state index contributed by atoms with van der Waals surface area (Å²) in [6.07, 6.45) is 6.36. The summed E-state index contributed by atoms with van der Waals surface area (Å²) >= 11 is 3.72. The van der Waals surface area contributed by atoms with Crippen LogP contribution in [-0.4, -0.2) is 76.2 Å². The second-order valence-corrected chi connectivity index (χ2v) is 13.2. The van der Waals surface area contributed by atoms with Crippen molar-refractivity contribution in [1.82, 2.24) is 4.90 Å². The Morgan fingerprint density at radius 3 is 2.55 bits per heavy atom. The van der Waals surface area contributed by atoms with Crippen LogP contribution in [0.15, 0.2) is 43.5 Å². The first-order valence-corrected chi connectivity index (χ1v) is 16.0. The van der Waals surface area contributed by atoms with Gasteiger partial charge in [0.25, 0.3) is 5.91 Å². The molecule has 230 valence electrons. The third kappa shape index (κ3) is 5.48. The van der Waals surface area contributed by atoms with Gasteiger partial charge in [0.05, 0.1) is 37.2 Å². The van der Waals surface area contributed by atoms with Crippen molar-refractivity contribution in [1.29, 1.82) is 0 Å². The number of unbranched alkanes of at least 4 members (excludes halogenated alkanes) is 2. The summed E-state index contributed by atoms with van der Waals surface area (Å²) in [7, 11) is 0. The molecule has 42 heavy (non-hydrogen) atoms. The van der Waals surface area contributed by atoms with Crippen LogP contribution in [0.1, 0.15) is 57.1 Å². The first-order chi connectivity index (χ1) is 20.1. The number of ether oxygens (including phenoxy) is 2. The lowest BCUT2D eigenvalue weighted by molar-refractivity contribution is -0.156. The summed E-state index contributed by atoms with van der Waals surface area (Å²) < 4.78 is 12.4. The molecule has 3 unspecified atom stereocenters. The first kappa shape index (κ1) is 32.4. The van der Waals surface area contributed by atoms with E-state index in [1.165, 1.54) is 0 Å². The number of likely N-dealkylation sites (tertiary alicyclic amines) is 1. The molecular weight excluding hydrogens is 600 g/mol. The van der Waals surface area contributed by atoms with E-state index < -0.39 is 41.6 Å². The van der Waals surface area contributed by atoms with Crippen LogP contribution in [0.5, 0.6) is 0 Å². The minimum atomic E-state index is -1.24. The molecule has 2 amide bonds. The third-order valence-electron chi connectivity index (χ3n) is 9.41. The van der Waals surface area contributed by atoms with Gasteiger partial charge in [0, 0.05) is 17.1 Å². The van der Waals surface area contributed by atoms with Crippen LogP contribution in [0.2, 0.25) is 0 Å². The van der Waals surface area contributed by atoms with Crippen molar-refractivity contribution in [3.05, 3.63) is 54.6 Å². The molecule has 0 aliphatic carbocycles. The Morgan fingerprint density at radius 2 is 1.95 bits per heavy atom. The molecule has 3 aliphatic rings. The van der Waals surface area contributed by atoms with Gasteiger partial charge in [-0.15, -0.1) is 13.2 Å². The first-order valence-electron chi connectivity index (χ1n) is 15.1. The van der Waals surface area contributed by atoms with Gasteiger partial charge in [-0.3, -0.25) is 14.4 Å². The smallest absolute Gasteiger partial charge is 0.312 e. The summed E-state index contributed by atoms with van der Waals surface area (Å²) in [6.45, 7) is 15.7. The van der Waals surface area contributed by atoms with E-state index in [2.05, 4.69) is 29.1 Å². The number of carbonyl (C=O) groups is 3. The van der Waals surface area contributed by atoms with Gasteiger partial charge in [-0.25, -0.2) is 0 Å². The van der Waals surface area contributed by atoms with Crippen molar-refractivity contribution in [2.24, 2.45) is 17.8 Å². The highest BCUT2D eigenvalue weighted by Crippen LogP contribution is 2.61. The van der Waals surface area contributed by atoms with Crippen LogP contribution in [0.25, 0.3) is 0 Å². The van der Waals surface area contributed by atoms with Crippen molar-refractivity contribution in [3.63, 3.8) is 0 Å². The normalized spacial score (nSPS) is 29.2. The monoisotopic (exact) mass is 644 g/mol. The standard InChI is InChI=1S/C33H45BrN2O6/c1-7-10-11-12-17-41-32(40)25-26-30(38)36(24(19-37)20(4)9-3)29(33(26)18-23(34)28(25)42-33)31(39)35(16-8-2)27-21(5)14-13-15-22(27)6/h7-8,13-15,20,23-26,28-29,37H,1-2,9-12,16-19H2,3-6H3/t20-,23?,24-,25+,26-,28+,29?,33?/m0/s1. The molecule has 3 aliphatic heterocycles. The second kappa shape index (κ2) is 13.4. The highest BCUT2D eigenvalue weighted by atomic mass is 79.9. The molecule has 3 saturated heterocycles. The number of nitrogens with zero attached hydrogens (tertiary/aromatic N) is 2. The maximum Gasteiger partial charge on any atom is 0.312 e. The topological polar surface area (TPSA) is 96.4 Å².